The highest BCUT2D eigenvalue weighted by atomic mass is 16.3. The van der Waals surface area contributed by atoms with Gasteiger partial charge >= 0.3 is 0 Å². The molecule has 4 nitrogen and oxygen atoms in total. The van der Waals surface area contributed by atoms with Gasteiger partial charge in [-0.05, 0) is 37.5 Å². The molecule has 88 valence electrons. The first-order chi connectivity index (χ1) is 7.91. The summed E-state index contributed by atoms with van der Waals surface area (Å²) in [6.07, 6.45) is 0. The second kappa shape index (κ2) is 3.73. The number of benzene rings is 1. The molecule has 2 aromatic rings. The van der Waals surface area contributed by atoms with Crippen molar-refractivity contribution in [2.45, 2.75) is 20.8 Å². The van der Waals surface area contributed by atoms with Crippen molar-refractivity contribution in [2.75, 3.05) is 0 Å². The van der Waals surface area contributed by atoms with Gasteiger partial charge in [0.05, 0.1) is 5.52 Å². The number of aromatic hydroxyl groups is 1. The van der Waals surface area contributed by atoms with E-state index in [2.05, 4.69) is 4.98 Å². The Morgan fingerprint density at radius 3 is 2.35 bits per heavy atom. The zero-order valence-electron chi connectivity index (χ0n) is 9.92. The number of hydrogen-bond donors (Lipinski definition) is 2. The van der Waals surface area contributed by atoms with Crippen LogP contribution >= 0.6 is 0 Å². The third-order valence-electron chi connectivity index (χ3n) is 3.03. The van der Waals surface area contributed by atoms with Gasteiger partial charge < -0.3 is 10.1 Å². The minimum Gasteiger partial charge on any atom is -0.503 e. The molecule has 2 rings (SSSR count). The van der Waals surface area contributed by atoms with Crippen molar-refractivity contribution < 1.29 is 5.11 Å². The molecule has 0 bridgehead atoms. The van der Waals surface area contributed by atoms with E-state index in [0.717, 1.165) is 22.8 Å². The van der Waals surface area contributed by atoms with Crippen molar-refractivity contribution in [3.05, 3.63) is 49.4 Å². The summed E-state index contributed by atoms with van der Waals surface area (Å²) < 4.78 is 0. The largest absolute Gasteiger partial charge is 0.503 e. The molecule has 17 heavy (non-hydrogen) atoms. The maximum atomic E-state index is 11.9. The molecule has 1 heterocycles. The topological polar surface area (TPSA) is 70.2 Å². The molecule has 1 aromatic heterocycles. The monoisotopic (exact) mass is 231 g/mol. The SMILES string of the molecule is Cc1cc(C)c2c(=O)cc(O)c(=O)[nH]c2c1C. The number of aromatic amines is 1. The Hall–Kier alpha value is -2.10. The molecule has 0 unspecified atom stereocenters. The van der Waals surface area contributed by atoms with E-state index in [1.54, 1.807) is 0 Å². The maximum absolute atomic E-state index is 11.9. The average Bonchev–Trinajstić information content (AvgIpc) is 2.34. The van der Waals surface area contributed by atoms with Gasteiger partial charge in [0.25, 0.3) is 5.56 Å². The number of aromatic nitrogens is 1. The van der Waals surface area contributed by atoms with Crippen LogP contribution in [-0.4, -0.2) is 10.1 Å². The van der Waals surface area contributed by atoms with E-state index in [4.69, 9.17) is 0 Å². The Morgan fingerprint density at radius 2 is 1.71 bits per heavy atom. The van der Waals surface area contributed by atoms with Crippen LogP contribution in [0.5, 0.6) is 5.75 Å². The van der Waals surface area contributed by atoms with Crippen LogP contribution in [0.4, 0.5) is 0 Å². The fraction of sp³-hybridized carbons (Fsp3) is 0.231. The van der Waals surface area contributed by atoms with Crippen molar-refractivity contribution in [2.24, 2.45) is 0 Å². The van der Waals surface area contributed by atoms with Crippen LogP contribution in [0.25, 0.3) is 10.9 Å². The van der Waals surface area contributed by atoms with E-state index in [1.165, 1.54) is 0 Å². The Morgan fingerprint density at radius 1 is 1.06 bits per heavy atom. The van der Waals surface area contributed by atoms with Gasteiger partial charge in [0.2, 0.25) is 0 Å². The maximum Gasteiger partial charge on any atom is 0.290 e. The van der Waals surface area contributed by atoms with Crippen LogP contribution in [0.15, 0.2) is 21.7 Å². The Balaban J connectivity index is 3.24. The molecule has 4 heteroatoms. The molecule has 1 aromatic carbocycles. The van der Waals surface area contributed by atoms with Crippen LogP contribution in [-0.2, 0) is 0 Å². The number of H-pyrrole nitrogens is 1. The first-order valence-corrected chi connectivity index (χ1v) is 5.29. The van der Waals surface area contributed by atoms with E-state index in [-0.39, 0.29) is 5.43 Å². The summed E-state index contributed by atoms with van der Waals surface area (Å²) in [7, 11) is 0. The molecule has 0 saturated heterocycles. The first kappa shape index (κ1) is 11.4. The predicted octanol–water partition coefficient (Wildman–Crippen LogP) is 1.52. The van der Waals surface area contributed by atoms with Crippen LogP contribution in [0.3, 0.4) is 0 Å². The zero-order chi connectivity index (χ0) is 12.7. The van der Waals surface area contributed by atoms with E-state index >= 15 is 0 Å². The lowest BCUT2D eigenvalue weighted by Crippen LogP contribution is -2.02. The first-order valence-electron chi connectivity index (χ1n) is 5.29. The summed E-state index contributed by atoms with van der Waals surface area (Å²) in [6, 6.07) is 2.86. The number of fused-ring (bicyclic) bond motifs is 1. The number of nitrogens with one attached hydrogen (secondary N) is 1. The number of aryl methyl sites for hydroxylation is 3. The Bertz CT molecular complexity index is 729. The molecule has 0 amide bonds. The van der Waals surface area contributed by atoms with Gasteiger partial charge in [0.15, 0.2) is 11.2 Å². The third-order valence-corrected chi connectivity index (χ3v) is 3.03. The predicted molar refractivity (Wildman–Crippen MR) is 66.7 cm³/mol. The van der Waals surface area contributed by atoms with E-state index in [0.29, 0.717) is 10.9 Å². The molecule has 2 N–H and O–H groups in total. The van der Waals surface area contributed by atoms with E-state index in [9.17, 15) is 14.7 Å². The summed E-state index contributed by atoms with van der Waals surface area (Å²) in [5, 5.41) is 9.83. The van der Waals surface area contributed by atoms with Crippen molar-refractivity contribution >= 4 is 10.9 Å². The number of rotatable bonds is 0. The zero-order valence-corrected chi connectivity index (χ0v) is 9.92. The second-order valence-electron chi connectivity index (χ2n) is 4.23. The standard InChI is InChI=1S/C13H13NO3/c1-6-4-7(2)11-9(15)5-10(16)13(17)14-12(11)8(6)3/h4-5,16H,1-3H3,(H,14,17). The highest BCUT2D eigenvalue weighted by molar-refractivity contribution is 5.85. The van der Waals surface area contributed by atoms with Crippen molar-refractivity contribution in [1.82, 2.24) is 4.98 Å². The fourth-order valence-electron chi connectivity index (χ4n) is 2.00. The van der Waals surface area contributed by atoms with Crippen molar-refractivity contribution in [3.63, 3.8) is 0 Å². The quantitative estimate of drug-likeness (QED) is 0.722. The van der Waals surface area contributed by atoms with Gasteiger partial charge in [-0.2, -0.15) is 0 Å². The smallest absolute Gasteiger partial charge is 0.290 e. The molecule has 0 radical (unpaired) electrons. The summed E-state index contributed by atoms with van der Waals surface area (Å²) >= 11 is 0. The number of hydrogen-bond acceptors (Lipinski definition) is 3. The molecule has 0 fully saturated rings. The lowest BCUT2D eigenvalue weighted by molar-refractivity contribution is 0.468. The van der Waals surface area contributed by atoms with Gasteiger partial charge in [-0.1, -0.05) is 6.07 Å². The second-order valence-corrected chi connectivity index (χ2v) is 4.23. The van der Waals surface area contributed by atoms with Crippen LogP contribution in [0.1, 0.15) is 16.7 Å². The molecule has 0 atom stereocenters. The molecule has 0 spiro atoms. The fourth-order valence-corrected chi connectivity index (χ4v) is 2.00. The summed E-state index contributed by atoms with van der Waals surface area (Å²) in [5.74, 6) is -0.553. The van der Waals surface area contributed by atoms with Crippen LogP contribution in [0.2, 0.25) is 0 Å². The van der Waals surface area contributed by atoms with Gasteiger partial charge in [0, 0.05) is 11.5 Å². The van der Waals surface area contributed by atoms with E-state index in [1.807, 2.05) is 26.8 Å². The lowest BCUT2D eigenvalue weighted by Gasteiger charge is -2.05. The van der Waals surface area contributed by atoms with Crippen LogP contribution in [0, 0.1) is 20.8 Å². The minimum atomic E-state index is -0.648. The molecule has 0 aliphatic carbocycles. The average molecular weight is 231 g/mol. The molecular weight excluding hydrogens is 218 g/mol. The molecule has 0 aliphatic heterocycles. The highest BCUT2D eigenvalue weighted by Gasteiger charge is 2.09. The van der Waals surface area contributed by atoms with Gasteiger partial charge in [-0.25, -0.2) is 0 Å². The summed E-state index contributed by atoms with van der Waals surface area (Å²) in [4.78, 5) is 26.0. The lowest BCUT2D eigenvalue weighted by atomic mass is 10.0. The Labute approximate surface area is 97.6 Å². The molecular formula is C13H13NO3. The third kappa shape index (κ3) is 1.71. The normalized spacial score (nSPS) is 10.8. The van der Waals surface area contributed by atoms with Gasteiger partial charge in [-0.15, -0.1) is 0 Å². The summed E-state index contributed by atoms with van der Waals surface area (Å²) in [6.45, 7) is 5.56. The summed E-state index contributed by atoms with van der Waals surface area (Å²) in [5.41, 5.74) is 2.13. The highest BCUT2D eigenvalue weighted by Crippen LogP contribution is 2.20. The van der Waals surface area contributed by atoms with Gasteiger partial charge in [-0.3, -0.25) is 9.59 Å². The van der Waals surface area contributed by atoms with Crippen LogP contribution < -0.4 is 11.0 Å². The Kier molecular flexibility index (Phi) is 2.50. The van der Waals surface area contributed by atoms with Gasteiger partial charge in [0.1, 0.15) is 0 Å². The van der Waals surface area contributed by atoms with Crippen molar-refractivity contribution in [3.8, 4) is 5.75 Å². The van der Waals surface area contributed by atoms with E-state index < -0.39 is 11.3 Å². The van der Waals surface area contributed by atoms with Crippen molar-refractivity contribution in [1.29, 1.82) is 0 Å². The molecule has 0 saturated carbocycles. The minimum absolute atomic E-state index is 0.351. The molecule has 0 aliphatic rings.